The minimum Gasteiger partial charge on any atom is -0.350 e. The number of halogens is 1. The zero-order valence-corrected chi connectivity index (χ0v) is 13.2. The predicted octanol–water partition coefficient (Wildman–Crippen LogP) is 2.97. The molecule has 0 saturated carbocycles. The average molecular weight is 325 g/mol. The number of nitrogens with zero attached hydrogens (tertiary/aromatic N) is 1. The number of rotatable bonds is 3. The average Bonchev–Trinajstić information content (AvgIpc) is 2.40. The van der Waals surface area contributed by atoms with Gasteiger partial charge in [-0.25, -0.2) is 0 Å². The second-order valence-electron chi connectivity index (χ2n) is 5.30. The van der Waals surface area contributed by atoms with Crippen LogP contribution in [0.25, 0.3) is 0 Å². The Labute approximate surface area is 123 Å². The summed E-state index contributed by atoms with van der Waals surface area (Å²) in [6, 6.07) is 6.20. The van der Waals surface area contributed by atoms with E-state index in [2.05, 4.69) is 33.2 Å². The molecule has 1 N–H and O–H groups in total. The highest BCUT2D eigenvalue weighted by Gasteiger charge is 2.19. The smallest absolute Gasteiger partial charge is 0.251 e. The first-order valence-electron chi connectivity index (χ1n) is 6.82. The van der Waals surface area contributed by atoms with Gasteiger partial charge in [0, 0.05) is 22.6 Å². The van der Waals surface area contributed by atoms with Crippen molar-refractivity contribution in [2.75, 3.05) is 20.1 Å². The fourth-order valence-corrected chi connectivity index (χ4v) is 2.83. The first kappa shape index (κ1) is 14.5. The number of amides is 1. The molecule has 0 aromatic heterocycles. The molecule has 1 aromatic carbocycles. The molecule has 0 radical (unpaired) electrons. The van der Waals surface area contributed by atoms with Crippen LogP contribution in [0, 0.1) is 6.92 Å². The summed E-state index contributed by atoms with van der Waals surface area (Å²) >= 11 is 3.46. The standard InChI is InChI=1S/C15H21BrN2O/c1-11-6-7-12(9-14(11)16)15(19)17-10-13-5-3-4-8-18(13)2/h6-7,9,13H,3-5,8,10H2,1-2H3,(H,17,19). The van der Waals surface area contributed by atoms with Crippen molar-refractivity contribution in [1.29, 1.82) is 0 Å². The Kier molecular flexibility index (Phi) is 4.99. The largest absolute Gasteiger partial charge is 0.350 e. The van der Waals surface area contributed by atoms with Gasteiger partial charge in [-0.1, -0.05) is 28.4 Å². The zero-order chi connectivity index (χ0) is 13.8. The summed E-state index contributed by atoms with van der Waals surface area (Å²) in [5.74, 6) is 0.0136. The quantitative estimate of drug-likeness (QED) is 0.927. The molecule has 0 aliphatic carbocycles. The molecule has 19 heavy (non-hydrogen) atoms. The summed E-state index contributed by atoms with van der Waals surface area (Å²) in [4.78, 5) is 14.4. The minimum absolute atomic E-state index is 0.0136. The lowest BCUT2D eigenvalue weighted by Crippen LogP contribution is -2.44. The van der Waals surface area contributed by atoms with E-state index in [9.17, 15) is 4.79 Å². The van der Waals surface area contributed by atoms with E-state index in [1.54, 1.807) is 0 Å². The number of carbonyl (C=O) groups excluding carboxylic acids is 1. The molecule has 3 nitrogen and oxygen atoms in total. The Morgan fingerprint density at radius 3 is 2.95 bits per heavy atom. The molecule has 1 heterocycles. The van der Waals surface area contributed by atoms with Crippen molar-refractivity contribution in [1.82, 2.24) is 10.2 Å². The van der Waals surface area contributed by atoms with E-state index in [4.69, 9.17) is 0 Å². The molecule has 1 aliphatic heterocycles. The number of nitrogens with one attached hydrogen (secondary N) is 1. The zero-order valence-electron chi connectivity index (χ0n) is 11.6. The van der Waals surface area contributed by atoms with Crippen molar-refractivity contribution in [3.05, 3.63) is 33.8 Å². The molecule has 2 rings (SSSR count). The molecule has 1 saturated heterocycles. The number of hydrogen-bond donors (Lipinski definition) is 1. The molecule has 1 atom stereocenters. The molecule has 1 fully saturated rings. The summed E-state index contributed by atoms with van der Waals surface area (Å²) < 4.78 is 0.981. The third-order valence-corrected chi connectivity index (χ3v) is 4.71. The van der Waals surface area contributed by atoms with Gasteiger partial charge in [0.1, 0.15) is 0 Å². The van der Waals surface area contributed by atoms with Gasteiger partial charge in [0.2, 0.25) is 0 Å². The van der Waals surface area contributed by atoms with Crippen LogP contribution in [0.15, 0.2) is 22.7 Å². The van der Waals surface area contributed by atoms with E-state index in [-0.39, 0.29) is 5.91 Å². The highest BCUT2D eigenvalue weighted by atomic mass is 79.9. The van der Waals surface area contributed by atoms with Crippen LogP contribution in [0.2, 0.25) is 0 Å². The van der Waals surface area contributed by atoms with Crippen molar-refractivity contribution >= 4 is 21.8 Å². The van der Waals surface area contributed by atoms with E-state index in [0.29, 0.717) is 6.04 Å². The lowest BCUT2D eigenvalue weighted by Gasteiger charge is -2.32. The van der Waals surface area contributed by atoms with Gasteiger partial charge >= 0.3 is 0 Å². The number of aryl methyl sites for hydroxylation is 1. The fraction of sp³-hybridized carbons (Fsp3) is 0.533. The Morgan fingerprint density at radius 2 is 2.26 bits per heavy atom. The number of likely N-dealkylation sites (tertiary alicyclic amines) is 1. The van der Waals surface area contributed by atoms with E-state index in [1.807, 2.05) is 25.1 Å². The highest BCUT2D eigenvalue weighted by molar-refractivity contribution is 9.10. The van der Waals surface area contributed by atoms with Crippen LogP contribution in [0.5, 0.6) is 0 Å². The van der Waals surface area contributed by atoms with E-state index in [0.717, 1.165) is 28.7 Å². The van der Waals surface area contributed by atoms with Crippen molar-refractivity contribution in [2.45, 2.75) is 32.2 Å². The van der Waals surface area contributed by atoms with Crippen LogP contribution in [-0.4, -0.2) is 37.0 Å². The molecule has 1 amide bonds. The first-order valence-corrected chi connectivity index (χ1v) is 7.62. The first-order chi connectivity index (χ1) is 9.08. The summed E-state index contributed by atoms with van der Waals surface area (Å²) in [5.41, 5.74) is 1.86. The van der Waals surface area contributed by atoms with Gasteiger partial charge in [0.05, 0.1) is 0 Å². The van der Waals surface area contributed by atoms with Crippen molar-refractivity contribution in [2.24, 2.45) is 0 Å². The molecule has 4 heteroatoms. The normalized spacial score (nSPS) is 20.3. The maximum Gasteiger partial charge on any atom is 0.251 e. The van der Waals surface area contributed by atoms with Gasteiger partial charge in [-0.05, 0) is 51.1 Å². The third-order valence-electron chi connectivity index (χ3n) is 3.85. The fourth-order valence-electron chi connectivity index (χ4n) is 2.45. The summed E-state index contributed by atoms with van der Waals surface area (Å²) in [6.45, 7) is 3.89. The van der Waals surface area contributed by atoms with Crippen LogP contribution in [0.4, 0.5) is 0 Å². The molecule has 1 aliphatic rings. The second kappa shape index (κ2) is 6.53. The van der Waals surface area contributed by atoms with Crippen molar-refractivity contribution < 1.29 is 4.79 Å². The topological polar surface area (TPSA) is 32.3 Å². The molecule has 1 aromatic rings. The number of carbonyl (C=O) groups is 1. The minimum atomic E-state index is 0.0136. The van der Waals surface area contributed by atoms with E-state index < -0.39 is 0 Å². The SMILES string of the molecule is Cc1ccc(C(=O)NCC2CCCCN2C)cc1Br. The van der Waals surface area contributed by atoms with Crippen LogP contribution < -0.4 is 5.32 Å². The number of hydrogen-bond acceptors (Lipinski definition) is 2. The van der Waals surface area contributed by atoms with Crippen molar-refractivity contribution in [3.63, 3.8) is 0 Å². The Morgan fingerprint density at radius 1 is 1.47 bits per heavy atom. The highest BCUT2D eigenvalue weighted by Crippen LogP contribution is 2.18. The number of benzene rings is 1. The molecular formula is C15H21BrN2O. The van der Waals surface area contributed by atoms with Crippen LogP contribution in [0.1, 0.15) is 35.2 Å². The summed E-state index contributed by atoms with van der Waals surface area (Å²) in [6.07, 6.45) is 3.71. The van der Waals surface area contributed by atoms with Gasteiger partial charge in [0.25, 0.3) is 5.91 Å². The Hall–Kier alpha value is -0.870. The van der Waals surface area contributed by atoms with Gasteiger partial charge in [-0.3, -0.25) is 4.79 Å². The van der Waals surface area contributed by atoms with Crippen LogP contribution in [0.3, 0.4) is 0 Å². The third kappa shape index (κ3) is 3.80. The predicted molar refractivity (Wildman–Crippen MR) is 81.5 cm³/mol. The second-order valence-corrected chi connectivity index (χ2v) is 6.16. The molecule has 1 unspecified atom stereocenters. The molecule has 104 valence electrons. The van der Waals surface area contributed by atoms with Gasteiger partial charge < -0.3 is 10.2 Å². The van der Waals surface area contributed by atoms with Gasteiger partial charge in [0.15, 0.2) is 0 Å². The van der Waals surface area contributed by atoms with Crippen LogP contribution >= 0.6 is 15.9 Å². The molecule has 0 bridgehead atoms. The Bertz CT molecular complexity index is 461. The molecular weight excluding hydrogens is 304 g/mol. The van der Waals surface area contributed by atoms with Crippen molar-refractivity contribution in [3.8, 4) is 0 Å². The molecule has 0 spiro atoms. The summed E-state index contributed by atoms with van der Waals surface area (Å²) in [7, 11) is 2.14. The van der Waals surface area contributed by atoms with E-state index in [1.165, 1.54) is 19.3 Å². The number of likely N-dealkylation sites (N-methyl/N-ethyl adjacent to an activating group) is 1. The van der Waals surface area contributed by atoms with Gasteiger partial charge in [-0.15, -0.1) is 0 Å². The monoisotopic (exact) mass is 324 g/mol. The van der Waals surface area contributed by atoms with E-state index >= 15 is 0 Å². The Balaban J connectivity index is 1.91. The van der Waals surface area contributed by atoms with Gasteiger partial charge in [-0.2, -0.15) is 0 Å². The maximum absolute atomic E-state index is 12.1. The van der Waals surface area contributed by atoms with Crippen LogP contribution in [-0.2, 0) is 0 Å². The maximum atomic E-state index is 12.1. The number of piperidine rings is 1. The lowest BCUT2D eigenvalue weighted by molar-refractivity contribution is 0.0928. The summed E-state index contributed by atoms with van der Waals surface area (Å²) in [5, 5.41) is 3.04. The lowest BCUT2D eigenvalue weighted by atomic mass is 10.0.